The van der Waals surface area contributed by atoms with Crippen molar-refractivity contribution >= 4 is 24.2 Å². The summed E-state index contributed by atoms with van der Waals surface area (Å²) in [6, 6.07) is 23.1. The average Bonchev–Trinajstić information content (AvgIpc) is 2.77. The molecule has 0 radical (unpaired) electrons. The van der Waals surface area contributed by atoms with Crippen molar-refractivity contribution < 1.29 is 14.6 Å². The lowest BCUT2D eigenvalue weighted by atomic mass is 9.93. The highest BCUT2D eigenvalue weighted by Gasteiger charge is 2.22. The zero-order valence-corrected chi connectivity index (χ0v) is 18.3. The number of aryl methyl sites for hydroxylation is 1. The van der Waals surface area contributed by atoms with Gasteiger partial charge in [0, 0.05) is 16.2 Å². The fourth-order valence-electron chi connectivity index (χ4n) is 3.01. The zero-order chi connectivity index (χ0) is 20.7. The number of thioether (sulfide) groups is 1. The maximum absolute atomic E-state index is 14.7. The predicted octanol–water partition coefficient (Wildman–Crippen LogP) is 4.82. The molecule has 0 aliphatic rings. The number of nitrogens with two attached hydrogens (primary N) is 1. The lowest BCUT2D eigenvalue weighted by molar-refractivity contribution is 0.115. The van der Waals surface area contributed by atoms with Crippen molar-refractivity contribution in [2.24, 2.45) is 5.73 Å². The van der Waals surface area contributed by atoms with E-state index in [1.807, 2.05) is 54.6 Å². The van der Waals surface area contributed by atoms with Gasteiger partial charge in [0.1, 0.15) is 5.82 Å². The van der Waals surface area contributed by atoms with Gasteiger partial charge in [0.25, 0.3) is 0 Å². The van der Waals surface area contributed by atoms with E-state index < -0.39 is 5.54 Å². The molecule has 4 N–H and O–H groups in total. The molecule has 0 saturated heterocycles. The fourth-order valence-corrected chi connectivity index (χ4v) is 3.89. The van der Waals surface area contributed by atoms with Gasteiger partial charge < -0.3 is 15.9 Å². The summed E-state index contributed by atoms with van der Waals surface area (Å²) in [6.45, 7) is -0.525. The van der Waals surface area contributed by atoms with Gasteiger partial charge >= 0.3 is 0 Å². The van der Waals surface area contributed by atoms with E-state index in [0.29, 0.717) is 18.4 Å². The van der Waals surface area contributed by atoms with Crippen LogP contribution in [-0.4, -0.2) is 29.0 Å². The van der Waals surface area contributed by atoms with Crippen LogP contribution in [0.4, 0.5) is 4.39 Å². The normalized spacial score (nSPS) is 11.2. The molecule has 0 aromatic heterocycles. The maximum atomic E-state index is 14.7. The van der Waals surface area contributed by atoms with E-state index in [1.165, 1.54) is 5.56 Å². The highest BCUT2D eigenvalue weighted by molar-refractivity contribution is 7.98. The van der Waals surface area contributed by atoms with E-state index in [-0.39, 0.29) is 31.4 Å². The molecule has 3 aromatic carbocycles. The average molecular weight is 448 g/mol. The van der Waals surface area contributed by atoms with Crippen LogP contribution in [0.5, 0.6) is 0 Å². The Morgan fingerprint density at radius 3 is 2.13 bits per heavy atom. The molecule has 3 nitrogen and oxygen atoms in total. The van der Waals surface area contributed by atoms with Crippen LogP contribution >= 0.6 is 24.2 Å². The third kappa shape index (κ3) is 6.56. The van der Waals surface area contributed by atoms with Gasteiger partial charge in [-0.05, 0) is 41.7 Å². The minimum Gasteiger partial charge on any atom is -0.394 e. The van der Waals surface area contributed by atoms with Crippen LogP contribution in [0.15, 0.2) is 77.7 Å². The van der Waals surface area contributed by atoms with Crippen LogP contribution in [0.25, 0.3) is 11.1 Å². The number of benzene rings is 3. The minimum atomic E-state index is -0.974. The van der Waals surface area contributed by atoms with Gasteiger partial charge in [-0.3, -0.25) is 0 Å². The first kappa shape index (κ1) is 24.4. The molecule has 0 fully saturated rings. The van der Waals surface area contributed by atoms with Gasteiger partial charge in [-0.1, -0.05) is 60.7 Å². The van der Waals surface area contributed by atoms with E-state index in [4.69, 9.17) is 5.73 Å². The Balaban J connectivity index is 0.00000320. The molecule has 0 aliphatic heterocycles. The van der Waals surface area contributed by atoms with Gasteiger partial charge in [-0.2, -0.15) is 0 Å². The number of aliphatic hydroxyl groups excluding tert-OH is 2. The topological polar surface area (TPSA) is 66.5 Å². The first-order valence-corrected chi connectivity index (χ1v) is 10.6. The molecule has 0 heterocycles. The fraction of sp³-hybridized carbons (Fsp3) is 0.250. The van der Waals surface area contributed by atoms with Crippen molar-refractivity contribution in [1.82, 2.24) is 0 Å². The van der Waals surface area contributed by atoms with Crippen molar-refractivity contribution in [2.45, 2.75) is 29.0 Å². The van der Waals surface area contributed by atoms with Gasteiger partial charge in [-0.25, -0.2) is 4.39 Å². The molecule has 0 unspecified atom stereocenters. The smallest absolute Gasteiger partial charge is 0.132 e. The van der Waals surface area contributed by atoms with Gasteiger partial charge in [0.15, 0.2) is 0 Å². The van der Waals surface area contributed by atoms with Crippen molar-refractivity contribution in [1.29, 1.82) is 0 Å². The van der Waals surface area contributed by atoms with Crippen LogP contribution < -0.4 is 5.73 Å². The molecule has 0 atom stereocenters. The summed E-state index contributed by atoms with van der Waals surface area (Å²) < 4.78 is 14.7. The lowest BCUT2D eigenvalue weighted by Crippen LogP contribution is -2.47. The first-order chi connectivity index (χ1) is 14.0. The Morgan fingerprint density at radius 1 is 0.867 bits per heavy atom. The van der Waals surface area contributed by atoms with Crippen LogP contribution in [-0.2, 0) is 12.2 Å². The maximum Gasteiger partial charge on any atom is 0.132 e. The standard InChI is InChI=1S/C24H26FNO2S.ClH/c25-23-14-21(29-15-19-4-2-1-3-5-19)10-11-22(23)20-8-6-18(7-9-20)12-13-24(26,16-27)17-28;/h1-11,14,27-28H,12-13,15-17,26H2;1H. The molecule has 30 heavy (non-hydrogen) atoms. The second kappa shape index (κ2) is 11.5. The molecule has 3 rings (SSSR count). The quantitative estimate of drug-likeness (QED) is 0.411. The second-order valence-corrected chi connectivity index (χ2v) is 8.34. The number of aliphatic hydroxyl groups is 2. The van der Waals surface area contributed by atoms with Gasteiger partial charge in [0.2, 0.25) is 0 Å². The minimum absolute atomic E-state index is 0. The SMILES string of the molecule is Cl.NC(CO)(CO)CCc1ccc(-c2ccc(SCc3ccccc3)cc2F)cc1. The molecular formula is C24H27ClFNO2S. The number of halogens is 2. The lowest BCUT2D eigenvalue weighted by Gasteiger charge is -2.24. The van der Waals surface area contributed by atoms with Crippen molar-refractivity contribution in [3.8, 4) is 11.1 Å². The summed E-state index contributed by atoms with van der Waals surface area (Å²) in [7, 11) is 0. The van der Waals surface area contributed by atoms with Gasteiger partial charge in [-0.15, -0.1) is 24.2 Å². The Bertz CT molecular complexity index is 918. The Hall–Kier alpha value is -1.89. The number of hydrogen-bond donors (Lipinski definition) is 3. The van der Waals surface area contributed by atoms with Crippen LogP contribution in [0.1, 0.15) is 17.5 Å². The van der Waals surface area contributed by atoms with Crippen molar-refractivity contribution in [3.05, 3.63) is 89.7 Å². The van der Waals surface area contributed by atoms with E-state index in [9.17, 15) is 14.6 Å². The summed E-state index contributed by atoms with van der Waals surface area (Å²) in [5, 5.41) is 18.6. The molecule has 0 bridgehead atoms. The predicted molar refractivity (Wildman–Crippen MR) is 124 cm³/mol. The molecule has 0 spiro atoms. The molecule has 160 valence electrons. The highest BCUT2D eigenvalue weighted by Crippen LogP contribution is 2.29. The summed E-state index contributed by atoms with van der Waals surface area (Å²) in [5.41, 5.74) is 8.56. The van der Waals surface area contributed by atoms with Gasteiger partial charge in [0.05, 0.1) is 18.8 Å². The third-order valence-corrected chi connectivity index (χ3v) is 6.06. The molecular weight excluding hydrogens is 421 g/mol. The number of hydrogen-bond acceptors (Lipinski definition) is 4. The molecule has 0 saturated carbocycles. The third-order valence-electron chi connectivity index (χ3n) is 5.00. The summed E-state index contributed by atoms with van der Waals surface area (Å²) >= 11 is 1.61. The molecule has 0 amide bonds. The molecule has 6 heteroatoms. The van der Waals surface area contributed by atoms with Crippen LogP contribution in [0.3, 0.4) is 0 Å². The highest BCUT2D eigenvalue weighted by atomic mass is 35.5. The van der Waals surface area contributed by atoms with E-state index >= 15 is 0 Å². The summed E-state index contributed by atoms with van der Waals surface area (Å²) in [6.07, 6.45) is 1.11. The summed E-state index contributed by atoms with van der Waals surface area (Å²) in [4.78, 5) is 0.902. The Kier molecular flexibility index (Phi) is 9.34. The molecule has 3 aromatic rings. The monoisotopic (exact) mass is 447 g/mol. The summed E-state index contributed by atoms with van der Waals surface area (Å²) in [5.74, 6) is 0.566. The van der Waals surface area contributed by atoms with Crippen molar-refractivity contribution in [2.75, 3.05) is 13.2 Å². The zero-order valence-electron chi connectivity index (χ0n) is 16.6. The Labute approximate surface area is 187 Å². The second-order valence-electron chi connectivity index (χ2n) is 7.29. The van der Waals surface area contributed by atoms with Crippen LogP contribution in [0, 0.1) is 5.82 Å². The number of rotatable bonds is 9. The van der Waals surface area contributed by atoms with E-state index in [2.05, 4.69) is 12.1 Å². The first-order valence-electron chi connectivity index (χ1n) is 9.59. The van der Waals surface area contributed by atoms with E-state index in [0.717, 1.165) is 21.8 Å². The van der Waals surface area contributed by atoms with Crippen LogP contribution in [0.2, 0.25) is 0 Å². The van der Waals surface area contributed by atoms with E-state index in [1.54, 1.807) is 17.8 Å². The Morgan fingerprint density at radius 2 is 1.53 bits per heavy atom. The largest absolute Gasteiger partial charge is 0.394 e. The van der Waals surface area contributed by atoms with Crippen molar-refractivity contribution in [3.63, 3.8) is 0 Å². The molecule has 0 aliphatic carbocycles.